The molecule has 0 radical (unpaired) electrons. The van der Waals surface area contributed by atoms with Crippen LogP contribution in [-0.2, 0) is 0 Å². The molecule has 0 spiro atoms. The maximum absolute atomic E-state index is 11.0. The monoisotopic (exact) mass is 233 g/mol. The molecule has 1 aromatic carbocycles. The number of carboxylic acid groups (broad SMARTS) is 1. The van der Waals surface area contributed by atoms with Gasteiger partial charge in [-0.05, 0) is 5.56 Å². The Balaban J connectivity index is 2.38. The molecule has 2 rings (SSSR count). The first-order valence-electron chi connectivity index (χ1n) is 4.91. The lowest BCUT2D eigenvalue weighted by molar-refractivity contribution is 0.0690. The molecule has 0 saturated carbocycles. The van der Waals surface area contributed by atoms with Crippen LogP contribution in [0.3, 0.4) is 0 Å². The summed E-state index contributed by atoms with van der Waals surface area (Å²) in [7, 11) is 0. The number of benzene rings is 1. The zero-order chi connectivity index (χ0) is 11.5. The minimum Gasteiger partial charge on any atom is -0.476 e. The molecule has 2 aromatic rings. The molecule has 0 bridgehead atoms. The minimum atomic E-state index is -0.959. The van der Waals surface area contributed by atoms with Gasteiger partial charge in [-0.3, -0.25) is 0 Å². The number of aromatic carboxylic acids is 1. The number of carbonyl (C=O) groups is 1. The highest BCUT2D eigenvalue weighted by Crippen LogP contribution is 2.29. The summed E-state index contributed by atoms with van der Waals surface area (Å²) < 4.78 is 0. The Kier molecular flexibility index (Phi) is 3.01. The van der Waals surface area contributed by atoms with E-state index in [9.17, 15) is 4.79 Å². The number of hydrogen-bond donors (Lipinski definition) is 1. The van der Waals surface area contributed by atoms with E-state index in [2.05, 4.69) is 4.98 Å². The molecule has 0 aliphatic heterocycles. The average Bonchev–Trinajstić information content (AvgIpc) is 2.78. The summed E-state index contributed by atoms with van der Waals surface area (Å²) >= 11 is 1.39. The van der Waals surface area contributed by atoms with Gasteiger partial charge in [-0.1, -0.05) is 37.3 Å². The molecule has 1 atom stereocenters. The Hall–Kier alpha value is -1.68. The van der Waals surface area contributed by atoms with Gasteiger partial charge in [0.15, 0.2) is 5.69 Å². The second-order valence-electron chi connectivity index (χ2n) is 3.50. The lowest BCUT2D eigenvalue weighted by Crippen LogP contribution is -2.04. The smallest absolute Gasteiger partial charge is 0.355 e. The van der Waals surface area contributed by atoms with E-state index in [1.807, 2.05) is 37.3 Å². The molecule has 1 heterocycles. The third kappa shape index (κ3) is 1.97. The number of nitrogens with zero attached hydrogens (tertiary/aromatic N) is 1. The van der Waals surface area contributed by atoms with Crippen molar-refractivity contribution in [3.05, 3.63) is 52.0 Å². The van der Waals surface area contributed by atoms with Gasteiger partial charge >= 0.3 is 5.97 Å². The fraction of sp³-hybridized carbons (Fsp3) is 0.167. The van der Waals surface area contributed by atoms with Gasteiger partial charge in [0.2, 0.25) is 0 Å². The van der Waals surface area contributed by atoms with Crippen LogP contribution in [0.1, 0.15) is 33.8 Å². The van der Waals surface area contributed by atoms with Gasteiger partial charge in [-0.15, -0.1) is 11.3 Å². The van der Waals surface area contributed by atoms with E-state index < -0.39 is 5.97 Å². The summed E-state index contributed by atoms with van der Waals surface area (Å²) in [5, 5.41) is 8.99. The van der Waals surface area contributed by atoms with Crippen LogP contribution in [0.15, 0.2) is 35.8 Å². The molecular formula is C12H11NO2S. The summed E-state index contributed by atoms with van der Waals surface area (Å²) in [5.41, 5.74) is 2.86. The number of aromatic nitrogens is 1. The van der Waals surface area contributed by atoms with Gasteiger partial charge < -0.3 is 5.11 Å². The second-order valence-corrected chi connectivity index (χ2v) is 4.39. The van der Waals surface area contributed by atoms with Crippen LogP contribution < -0.4 is 0 Å². The molecule has 1 aromatic heterocycles. The highest BCUT2D eigenvalue weighted by molar-refractivity contribution is 7.10. The maximum Gasteiger partial charge on any atom is 0.355 e. The quantitative estimate of drug-likeness (QED) is 0.886. The normalized spacial score (nSPS) is 12.3. The van der Waals surface area contributed by atoms with Gasteiger partial charge in [0.25, 0.3) is 0 Å². The Labute approximate surface area is 97.4 Å². The first-order chi connectivity index (χ1) is 7.70. The van der Waals surface area contributed by atoms with Crippen molar-refractivity contribution in [1.29, 1.82) is 0 Å². The van der Waals surface area contributed by atoms with Gasteiger partial charge in [-0.25, -0.2) is 9.78 Å². The van der Waals surface area contributed by atoms with Crippen molar-refractivity contribution >= 4 is 17.3 Å². The topological polar surface area (TPSA) is 50.2 Å². The van der Waals surface area contributed by atoms with Crippen molar-refractivity contribution in [2.75, 3.05) is 0 Å². The Morgan fingerprint density at radius 1 is 1.38 bits per heavy atom. The van der Waals surface area contributed by atoms with Gasteiger partial charge in [0.05, 0.1) is 5.51 Å². The molecule has 0 unspecified atom stereocenters. The molecule has 0 aliphatic carbocycles. The predicted octanol–water partition coefficient (Wildman–Crippen LogP) is 2.99. The Morgan fingerprint density at radius 3 is 2.69 bits per heavy atom. The summed E-state index contributed by atoms with van der Waals surface area (Å²) in [4.78, 5) is 15.6. The van der Waals surface area contributed by atoms with Crippen molar-refractivity contribution in [2.45, 2.75) is 12.8 Å². The van der Waals surface area contributed by atoms with Crippen molar-refractivity contribution in [2.24, 2.45) is 0 Å². The third-order valence-corrected chi connectivity index (χ3v) is 3.50. The lowest BCUT2D eigenvalue weighted by atomic mass is 9.98. The van der Waals surface area contributed by atoms with Crippen LogP contribution in [0.4, 0.5) is 0 Å². The van der Waals surface area contributed by atoms with E-state index in [1.165, 1.54) is 11.3 Å². The highest BCUT2D eigenvalue weighted by Gasteiger charge is 2.19. The van der Waals surface area contributed by atoms with Crippen molar-refractivity contribution in [3.63, 3.8) is 0 Å². The van der Waals surface area contributed by atoms with Gasteiger partial charge in [0, 0.05) is 10.8 Å². The summed E-state index contributed by atoms with van der Waals surface area (Å²) in [6.45, 7) is 2.00. The van der Waals surface area contributed by atoms with Crippen molar-refractivity contribution < 1.29 is 9.90 Å². The number of rotatable bonds is 3. The molecule has 0 amide bonds. The molecular weight excluding hydrogens is 222 g/mol. The minimum absolute atomic E-state index is 0.0693. The van der Waals surface area contributed by atoms with E-state index in [0.29, 0.717) is 0 Å². The molecule has 16 heavy (non-hydrogen) atoms. The molecule has 0 fully saturated rings. The molecule has 1 N–H and O–H groups in total. The van der Waals surface area contributed by atoms with E-state index in [4.69, 9.17) is 5.11 Å². The zero-order valence-electron chi connectivity index (χ0n) is 8.75. The Bertz CT molecular complexity index is 493. The fourth-order valence-electron chi connectivity index (χ4n) is 1.62. The first kappa shape index (κ1) is 10.8. The summed E-state index contributed by atoms with van der Waals surface area (Å²) in [6, 6.07) is 9.84. The van der Waals surface area contributed by atoms with Crippen LogP contribution in [0.25, 0.3) is 0 Å². The van der Waals surface area contributed by atoms with Crippen molar-refractivity contribution in [3.8, 4) is 0 Å². The fourth-order valence-corrected chi connectivity index (χ4v) is 2.48. The number of thiazole rings is 1. The van der Waals surface area contributed by atoms with Crippen LogP contribution in [0, 0.1) is 0 Å². The Morgan fingerprint density at radius 2 is 2.06 bits per heavy atom. The number of carboxylic acids is 1. The first-order valence-corrected chi connectivity index (χ1v) is 5.79. The summed E-state index contributed by atoms with van der Waals surface area (Å²) in [5.74, 6) is -0.890. The van der Waals surface area contributed by atoms with Crippen LogP contribution >= 0.6 is 11.3 Å². The largest absolute Gasteiger partial charge is 0.476 e. The maximum atomic E-state index is 11.0. The molecule has 0 saturated heterocycles. The van der Waals surface area contributed by atoms with Crippen LogP contribution in [0.5, 0.6) is 0 Å². The zero-order valence-corrected chi connectivity index (χ0v) is 9.57. The SMILES string of the molecule is C[C@@H](c1ccccc1)c1scnc1C(=O)O. The average molecular weight is 233 g/mol. The van der Waals surface area contributed by atoms with E-state index in [1.54, 1.807) is 5.51 Å². The molecule has 3 nitrogen and oxygen atoms in total. The molecule has 82 valence electrons. The van der Waals surface area contributed by atoms with Crippen LogP contribution in [0.2, 0.25) is 0 Å². The number of hydrogen-bond acceptors (Lipinski definition) is 3. The second kappa shape index (κ2) is 4.45. The van der Waals surface area contributed by atoms with Gasteiger partial charge in [0.1, 0.15) is 0 Å². The van der Waals surface area contributed by atoms with E-state index in [-0.39, 0.29) is 11.6 Å². The molecule has 0 aliphatic rings. The van der Waals surface area contributed by atoms with Gasteiger partial charge in [-0.2, -0.15) is 0 Å². The predicted molar refractivity (Wildman–Crippen MR) is 63.0 cm³/mol. The standard InChI is InChI=1S/C12H11NO2S/c1-8(9-5-3-2-4-6-9)11-10(12(14)15)13-7-16-11/h2-8H,1H3,(H,14,15)/t8-/m0/s1. The summed E-state index contributed by atoms with van der Waals surface area (Å²) in [6.07, 6.45) is 0. The van der Waals surface area contributed by atoms with E-state index >= 15 is 0 Å². The van der Waals surface area contributed by atoms with Crippen LogP contribution in [-0.4, -0.2) is 16.1 Å². The van der Waals surface area contributed by atoms with E-state index in [0.717, 1.165) is 10.4 Å². The van der Waals surface area contributed by atoms with Crippen molar-refractivity contribution in [1.82, 2.24) is 4.98 Å². The third-order valence-electron chi connectivity index (χ3n) is 2.49. The highest BCUT2D eigenvalue weighted by atomic mass is 32.1. The lowest BCUT2D eigenvalue weighted by Gasteiger charge is -2.09. The molecule has 4 heteroatoms.